The number of carbonyl (C=O) groups excluding carboxylic acids is 1. The highest BCUT2D eigenvalue weighted by atomic mass is 32.1. The molecule has 0 fully saturated rings. The van der Waals surface area contributed by atoms with Crippen molar-refractivity contribution in [2.24, 2.45) is 0 Å². The molecule has 4 heteroatoms. The predicted octanol–water partition coefficient (Wildman–Crippen LogP) is 2.22. The normalized spacial score (nSPS) is 10.3. The maximum absolute atomic E-state index is 10.6. The van der Waals surface area contributed by atoms with Crippen LogP contribution in [0, 0.1) is 0 Å². The molecule has 0 aliphatic heterocycles. The van der Waals surface area contributed by atoms with Gasteiger partial charge in [-0.15, -0.1) is 11.3 Å². The third-order valence-electron chi connectivity index (χ3n) is 1.40. The maximum atomic E-state index is 10.6. The van der Waals surface area contributed by atoms with Gasteiger partial charge in [0.1, 0.15) is 0 Å². The van der Waals surface area contributed by atoms with E-state index in [1.165, 1.54) is 18.3 Å². The molecule has 0 spiro atoms. The van der Waals surface area contributed by atoms with Gasteiger partial charge in [0, 0.05) is 12.3 Å². The standard InChI is InChI=1S/C8H12N2OS/c1-5(2)7-4-12-8(10-7)9-6(3)11/h4-5H,1-3H3,(H,9,10,11). The van der Waals surface area contributed by atoms with E-state index < -0.39 is 0 Å². The second kappa shape index (κ2) is 3.67. The molecule has 12 heavy (non-hydrogen) atoms. The van der Waals surface area contributed by atoms with Gasteiger partial charge in [-0.1, -0.05) is 13.8 Å². The van der Waals surface area contributed by atoms with Crippen molar-refractivity contribution in [2.45, 2.75) is 26.7 Å². The molecule has 0 saturated heterocycles. The van der Waals surface area contributed by atoms with E-state index in [2.05, 4.69) is 24.1 Å². The molecule has 0 aliphatic carbocycles. The number of hydrogen-bond acceptors (Lipinski definition) is 3. The van der Waals surface area contributed by atoms with Crippen molar-refractivity contribution >= 4 is 22.4 Å². The van der Waals surface area contributed by atoms with E-state index in [-0.39, 0.29) is 5.91 Å². The van der Waals surface area contributed by atoms with Crippen LogP contribution in [0.2, 0.25) is 0 Å². The van der Waals surface area contributed by atoms with E-state index in [9.17, 15) is 4.79 Å². The smallest absolute Gasteiger partial charge is 0.223 e. The van der Waals surface area contributed by atoms with Crippen LogP contribution in [0.5, 0.6) is 0 Å². The van der Waals surface area contributed by atoms with Crippen molar-refractivity contribution in [3.8, 4) is 0 Å². The Kier molecular flexibility index (Phi) is 2.81. The van der Waals surface area contributed by atoms with Crippen molar-refractivity contribution in [3.63, 3.8) is 0 Å². The summed E-state index contributed by atoms with van der Waals surface area (Å²) in [5, 5.41) is 5.30. The predicted molar refractivity (Wildman–Crippen MR) is 50.5 cm³/mol. The van der Waals surface area contributed by atoms with E-state index >= 15 is 0 Å². The van der Waals surface area contributed by atoms with Gasteiger partial charge in [-0.05, 0) is 5.92 Å². The molecule has 1 aromatic rings. The summed E-state index contributed by atoms with van der Waals surface area (Å²) in [5.41, 5.74) is 1.03. The molecule has 3 nitrogen and oxygen atoms in total. The van der Waals surface area contributed by atoms with Gasteiger partial charge in [-0.25, -0.2) is 4.98 Å². The van der Waals surface area contributed by atoms with Gasteiger partial charge in [0.05, 0.1) is 5.69 Å². The number of aromatic nitrogens is 1. The molecule has 1 heterocycles. The number of hydrogen-bond donors (Lipinski definition) is 1. The molecule has 0 atom stereocenters. The number of nitrogens with one attached hydrogen (secondary N) is 1. The maximum Gasteiger partial charge on any atom is 0.223 e. The van der Waals surface area contributed by atoms with E-state index in [1.807, 2.05) is 5.38 Å². The minimum Gasteiger partial charge on any atom is -0.302 e. The Hall–Kier alpha value is -0.900. The average molecular weight is 184 g/mol. The molecule has 1 amide bonds. The first-order valence-corrected chi connectivity index (χ1v) is 4.70. The second-order valence-electron chi connectivity index (χ2n) is 2.91. The van der Waals surface area contributed by atoms with Crippen LogP contribution in [0.4, 0.5) is 5.13 Å². The van der Waals surface area contributed by atoms with Gasteiger partial charge in [-0.3, -0.25) is 4.79 Å². The molecular weight excluding hydrogens is 172 g/mol. The summed E-state index contributed by atoms with van der Waals surface area (Å²) in [4.78, 5) is 14.9. The topological polar surface area (TPSA) is 42.0 Å². The molecule has 1 N–H and O–H groups in total. The number of nitrogens with zero attached hydrogens (tertiary/aromatic N) is 1. The fraction of sp³-hybridized carbons (Fsp3) is 0.500. The Labute approximate surface area is 75.8 Å². The summed E-state index contributed by atoms with van der Waals surface area (Å²) < 4.78 is 0. The molecule has 0 bridgehead atoms. The third kappa shape index (κ3) is 2.30. The number of amides is 1. The molecule has 1 aromatic heterocycles. The monoisotopic (exact) mass is 184 g/mol. The van der Waals surface area contributed by atoms with Crippen molar-refractivity contribution in [1.82, 2.24) is 4.98 Å². The van der Waals surface area contributed by atoms with E-state index in [1.54, 1.807) is 0 Å². The van der Waals surface area contributed by atoms with E-state index in [4.69, 9.17) is 0 Å². The SMILES string of the molecule is CC(=O)Nc1nc(C(C)C)cs1. The average Bonchev–Trinajstić information content (AvgIpc) is 2.34. The molecule has 0 radical (unpaired) electrons. The van der Waals surface area contributed by atoms with Crippen LogP contribution >= 0.6 is 11.3 Å². The fourth-order valence-corrected chi connectivity index (χ4v) is 1.68. The molecule has 0 saturated carbocycles. The summed E-state index contributed by atoms with van der Waals surface area (Å²) in [6.45, 7) is 5.63. The summed E-state index contributed by atoms with van der Waals surface area (Å²) in [7, 11) is 0. The van der Waals surface area contributed by atoms with Crippen LogP contribution in [-0.4, -0.2) is 10.9 Å². The van der Waals surface area contributed by atoms with Crippen LogP contribution in [0.25, 0.3) is 0 Å². The zero-order chi connectivity index (χ0) is 9.14. The first-order valence-electron chi connectivity index (χ1n) is 3.82. The van der Waals surface area contributed by atoms with Crippen molar-refractivity contribution < 1.29 is 4.79 Å². The molecule has 0 unspecified atom stereocenters. The van der Waals surface area contributed by atoms with Crippen LogP contribution < -0.4 is 5.32 Å². The fourth-order valence-electron chi connectivity index (χ4n) is 0.759. The molecular formula is C8H12N2OS. The largest absolute Gasteiger partial charge is 0.302 e. The van der Waals surface area contributed by atoms with Gasteiger partial charge in [0.25, 0.3) is 0 Å². The van der Waals surface area contributed by atoms with Gasteiger partial charge in [-0.2, -0.15) is 0 Å². The molecule has 1 rings (SSSR count). The Morgan fingerprint density at radius 1 is 1.67 bits per heavy atom. The highest BCUT2D eigenvalue weighted by Crippen LogP contribution is 2.20. The summed E-state index contributed by atoms with van der Waals surface area (Å²) in [5.74, 6) is 0.350. The molecule has 0 aliphatic rings. The van der Waals surface area contributed by atoms with Gasteiger partial charge in [0.15, 0.2) is 5.13 Å². The molecule has 0 aromatic carbocycles. The first-order chi connectivity index (χ1) is 5.59. The lowest BCUT2D eigenvalue weighted by Crippen LogP contribution is -2.05. The Balaban J connectivity index is 2.70. The van der Waals surface area contributed by atoms with Crippen molar-refractivity contribution in [3.05, 3.63) is 11.1 Å². The zero-order valence-electron chi connectivity index (χ0n) is 7.42. The Bertz CT molecular complexity index is 280. The van der Waals surface area contributed by atoms with Crippen molar-refractivity contribution in [2.75, 3.05) is 5.32 Å². The van der Waals surface area contributed by atoms with E-state index in [0.29, 0.717) is 11.0 Å². The Morgan fingerprint density at radius 2 is 2.33 bits per heavy atom. The zero-order valence-corrected chi connectivity index (χ0v) is 8.23. The summed E-state index contributed by atoms with van der Waals surface area (Å²) >= 11 is 1.46. The third-order valence-corrected chi connectivity index (χ3v) is 2.17. The number of thiazole rings is 1. The lowest BCUT2D eigenvalue weighted by molar-refractivity contribution is -0.114. The number of carbonyl (C=O) groups is 1. The number of anilines is 1. The van der Waals surface area contributed by atoms with Gasteiger partial charge in [0.2, 0.25) is 5.91 Å². The van der Waals surface area contributed by atoms with Crippen molar-refractivity contribution in [1.29, 1.82) is 0 Å². The van der Waals surface area contributed by atoms with Crippen LogP contribution in [0.1, 0.15) is 32.4 Å². The highest BCUT2D eigenvalue weighted by Gasteiger charge is 2.05. The van der Waals surface area contributed by atoms with E-state index in [0.717, 1.165) is 5.69 Å². The lowest BCUT2D eigenvalue weighted by Gasteiger charge is -1.97. The van der Waals surface area contributed by atoms with Gasteiger partial charge < -0.3 is 5.32 Å². The van der Waals surface area contributed by atoms with Crippen LogP contribution in [-0.2, 0) is 4.79 Å². The highest BCUT2D eigenvalue weighted by molar-refractivity contribution is 7.13. The first kappa shape index (κ1) is 9.19. The molecule has 66 valence electrons. The number of rotatable bonds is 2. The second-order valence-corrected chi connectivity index (χ2v) is 3.77. The van der Waals surface area contributed by atoms with Crippen LogP contribution in [0.15, 0.2) is 5.38 Å². The minimum atomic E-state index is -0.0698. The van der Waals surface area contributed by atoms with Crippen LogP contribution in [0.3, 0.4) is 0 Å². The quantitative estimate of drug-likeness (QED) is 0.765. The lowest BCUT2D eigenvalue weighted by atomic mass is 10.2. The minimum absolute atomic E-state index is 0.0698. The Morgan fingerprint density at radius 3 is 2.75 bits per heavy atom. The summed E-state index contributed by atoms with van der Waals surface area (Å²) in [6.07, 6.45) is 0. The van der Waals surface area contributed by atoms with Gasteiger partial charge >= 0.3 is 0 Å². The summed E-state index contributed by atoms with van der Waals surface area (Å²) in [6, 6.07) is 0.